The molecule has 0 aromatic heterocycles. The Labute approximate surface area is 365 Å². The Hall–Kier alpha value is 0.844. The van der Waals surface area contributed by atoms with E-state index in [9.17, 15) is 5.11 Å². The number of unbranched alkanes of at least 4 members (excludes halogenated alkanes) is 1. The van der Waals surface area contributed by atoms with Crippen LogP contribution in [0.1, 0.15) is 32.1 Å². The molecule has 0 aliphatic rings. The molecule has 2 unspecified atom stereocenters. The molecule has 55 heavy (non-hydrogen) atoms. The monoisotopic (exact) mass is 894 g/mol. The van der Waals surface area contributed by atoms with Gasteiger partial charge in [0.15, 0.2) is 0 Å². The predicted octanol–water partition coefficient (Wildman–Crippen LogP) is 10.1. The van der Waals surface area contributed by atoms with Crippen LogP contribution in [0.4, 0.5) is 0 Å². The van der Waals surface area contributed by atoms with Gasteiger partial charge < -0.3 is 29.9 Å². The van der Waals surface area contributed by atoms with Gasteiger partial charge in [0.25, 0.3) is 0 Å². The van der Waals surface area contributed by atoms with Crippen molar-refractivity contribution in [3.63, 3.8) is 0 Å². The van der Waals surface area contributed by atoms with Crippen molar-refractivity contribution in [3.8, 4) is 11.5 Å². The Morgan fingerprint density at radius 1 is 0.655 bits per heavy atom. The van der Waals surface area contributed by atoms with Crippen molar-refractivity contribution >= 4 is 75.0 Å². The molecule has 1 aromatic carbocycles. The second-order valence-electron chi connectivity index (χ2n) is 17.0. The van der Waals surface area contributed by atoms with E-state index >= 15 is 0 Å². The van der Waals surface area contributed by atoms with Gasteiger partial charge in [0.1, 0.15) is 11.5 Å². The van der Waals surface area contributed by atoms with Gasteiger partial charge in [-0.25, -0.2) is 0 Å². The second kappa shape index (κ2) is 34.5. The molecule has 0 aliphatic carbocycles. The van der Waals surface area contributed by atoms with E-state index in [-0.39, 0.29) is 0 Å². The third kappa shape index (κ3) is 32.3. The Balaban J connectivity index is 2.86. The summed E-state index contributed by atoms with van der Waals surface area (Å²) in [6.07, 6.45) is 6.61. The van der Waals surface area contributed by atoms with Crippen LogP contribution in [0.15, 0.2) is 24.3 Å². The van der Waals surface area contributed by atoms with Crippen LogP contribution in [0, 0.1) is 5.92 Å². The molecular formula is C42H86N4O2S5Si2-. The van der Waals surface area contributed by atoms with Gasteiger partial charge in [-0.3, -0.25) is 0 Å². The van der Waals surface area contributed by atoms with E-state index in [4.69, 9.17) is 4.74 Å². The molecule has 0 fully saturated rings. The van der Waals surface area contributed by atoms with Crippen molar-refractivity contribution < 1.29 is 9.84 Å². The van der Waals surface area contributed by atoms with Gasteiger partial charge in [-0.15, -0.1) is 20.2 Å². The zero-order chi connectivity index (χ0) is 40.6. The molecule has 6 nitrogen and oxygen atoms in total. The fourth-order valence-corrected chi connectivity index (χ4v) is 24.1. The molecule has 0 radical (unpaired) electrons. The summed E-state index contributed by atoms with van der Waals surface area (Å²) in [5, 5.41) is 12.9. The summed E-state index contributed by atoms with van der Waals surface area (Å²) in [6, 6.07) is 16.1. The summed E-state index contributed by atoms with van der Waals surface area (Å²) in [5.41, 5.74) is 0. The first kappa shape index (κ1) is 53.9. The van der Waals surface area contributed by atoms with Gasteiger partial charge in [0.2, 0.25) is 0 Å². The SMILES string of the molecule is CNCCSCC[Si-](C)(CCSCCN(C)C)CCC(CCC[Si](C)(CCSCCN(C)C)CCSCCN(C)C)CSCCCCOc1ccc(O)cc1. The number of phenolic OH excluding ortho intramolecular Hbond substituents is 1. The van der Waals surface area contributed by atoms with Gasteiger partial charge in [0, 0.05) is 49.2 Å². The second-order valence-corrected chi connectivity index (χ2v) is 33.3. The number of hydrogen-bond acceptors (Lipinski definition) is 11. The first-order valence-corrected chi connectivity index (χ1v) is 33.3. The van der Waals surface area contributed by atoms with Crippen LogP contribution in [-0.2, 0) is 0 Å². The molecule has 13 heteroatoms. The van der Waals surface area contributed by atoms with Crippen molar-refractivity contribution in [2.75, 3.05) is 140 Å². The normalized spacial score (nSPS) is 14.0. The maximum absolute atomic E-state index is 9.56. The maximum Gasteiger partial charge on any atom is 0.119 e. The molecular weight excluding hydrogens is 809 g/mol. The number of nitrogens with zero attached hydrogens (tertiary/aromatic N) is 3. The van der Waals surface area contributed by atoms with Gasteiger partial charge in [-0.1, -0.05) is 31.9 Å². The van der Waals surface area contributed by atoms with Crippen LogP contribution in [-0.4, -0.2) is 176 Å². The summed E-state index contributed by atoms with van der Waals surface area (Å²) in [4.78, 5) is 6.99. The van der Waals surface area contributed by atoms with Crippen molar-refractivity contribution in [1.29, 1.82) is 0 Å². The zero-order valence-corrected chi connectivity index (χ0v) is 43.1. The van der Waals surface area contributed by atoms with Gasteiger partial charge in [-0.05, 0) is 139 Å². The molecule has 1 aromatic rings. The van der Waals surface area contributed by atoms with E-state index in [2.05, 4.69) is 141 Å². The summed E-state index contributed by atoms with van der Waals surface area (Å²) in [5.74, 6) is 15.0. The molecule has 2 atom stereocenters. The number of rotatable bonds is 39. The number of hydrogen-bond donors (Lipinski definition) is 2. The van der Waals surface area contributed by atoms with E-state index < -0.39 is 16.1 Å². The molecule has 2 N–H and O–H groups in total. The van der Waals surface area contributed by atoms with Gasteiger partial charge in [-0.2, -0.15) is 71.4 Å². The minimum absolute atomic E-state index is 0.291. The lowest BCUT2D eigenvalue weighted by Gasteiger charge is -2.40. The zero-order valence-electron chi connectivity index (χ0n) is 37.0. The number of phenols is 1. The Morgan fingerprint density at radius 3 is 1.75 bits per heavy atom. The van der Waals surface area contributed by atoms with Crippen molar-refractivity contribution in [3.05, 3.63) is 24.3 Å². The summed E-state index contributed by atoms with van der Waals surface area (Å²) in [6.45, 7) is 11.0. The number of aromatic hydroxyl groups is 1. The Kier molecular flexibility index (Phi) is 33.8. The van der Waals surface area contributed by atoms with E-state index in [0.717, 1.165) is 31.2 Å². The fraction of sp³-hybridized carbons (Fsp3) is 0.857. The fourth-order valence-electron chi connectivity index (χ4n) is 6.32. The molecule has 0 bridgehead atoms. The standard InChI is InChI=1S/C42H86N4O2S5Si2/c1-43-19-25-49-29-37-55(9,38-32-52-28-22-46(6)7)34-18-40(39-53-24-11-10-23-48-42-16-14-41(47)15-17-42)13-12-33-54(8,35-30-50-26-20-44(2)3)36-31-51-27-21-45(4)5/h14-17,40,43,47H,10-13,18-39H2,1-9H3/q-1. The van der Waals surface area contributed by atoms with Crippen LogP contribution in [0.25, 0.3) is 0 Å². The molecule has 0 saturated carbocycles. The Bertz CT molecular complexity index is 1000. The van der Waals surface area contributed by atoms with Gasteiger partial charge >= 0.3 is 0 Å². The van der Waals surface area contributed by atoms with E-state index in [1.54, 1.807) is 12.1 Å². The average molecular weight is 896 g/mol. The third-order valence-corrected chi connectivity index (χ3v) is 26.1. The molecule has 0 spiro atoms. The highest BCUT2D eigenvalue weighted by molar-refractivity contribution is 8.00. The van der Waals surface area contributed by atoms with E-state index in [1.807, 2.05) is 12.1 Å². The Morgan fingerprint density at radius 2 is 1.20 bits per heavy atom. The highest BCUT2D eigenvalue weighted by atomic mass is 32.2. The van der Waals surface area contributed by atoms with Crippen molar-refractivity contribution in [2.24, 2.45) is 5.92 Å². The molecule has 0 saturated heterocycles. The first-order valence-electron chi connectivity index (χ1n) is 21.3. The predicted molar refractivity (Wildman–Crippen MR) is 268 cm³/mol. The van der Waals surface area contributed by atoms with Crippen LogP contribution >= 0.6 is 58.8 Å². The maximum atomic E-state index is 9.56. The summed E-state index contributed by atoms with van der Waals surface area (Å²) in [7, 11) is 12.7. The molecule has 0 amide bonds. The minimum atomic E-state index is -1.31. The third-order valence-electron chi connectivity index (χ3n) is 10.6. The lowest BCUT2D eigenvalue weighted by atomic mass is 10.0. The quantitative estimate of drug-likeness (QED) is 0.0491. The topological polar surface area (TPSA) is 51.2 Å². The lowest BCUT2D eigenvalue weighted by molar-refractivity contribution is 0.309. The summed E-state index contributed by atoms with van der Waals surface area (Å²) >= 11 is 11.0. The van der Waals surface area contributed by atoms with Crippen molar-refractivity contribution in [2.45, 2.75) is 81.5 Å². The molecule has 325 valence electrons. The number of benzene rings is 1. The van der Waals surface area contributed by atoms with E-state index in [0.29, 0.717) is 5.75 Å². The van der Waals surface area contributed by atoms with Crippen LogP contribution in [0.3, 0.4) is 0 Å². The van der Waals surface area contributed by atoms with Crippen LogP contribution < -0.4 is 10.1 Å². The van der Waals surface area contributed by atoms with Gasteiger partial charge in [0.05, 0.1) is 14.7 Å². The number of thioether (sulfide) groups is 5. The van der Waals surface area contributed by atoms with Crippen LogP contribution in [0.2, 0.25) is 49.4 Å². The van der Waals surface area contributed by atoms with Crippen molar-refractivity contribution in [1.82, 2.24) is 20.0 Å². The average Bonchev–Trinajstić information content (AvgIpc) is 3.13. The molecule has 1 rings (SSSR count). The smallest absolute Gasteiger partial charge is 0.119 e. The molecule has 0 aliphatic heterocycles. The van der Waals surface area contributed by atoms with Crippen LogP contribution in [0.5, 0.6) is 11.5 Å². The lowest BCUT2D eigenvalue weighted by Crippen LogP contribution is -2.33. The number of ether oxygens (including phenoxy) is 1. The largest absolute Gasteiger partial charge is 0.508 e. The first-order chi connectivity index (χ1) is 26.4. The summed E-state index contributed by atoms with van der Waals surface area (Å²) < 4.78 is 5.94. The minimum Gasteiger partial charge on any atom is -0.508 e. The highest BCUT2D eigenvalue weighted by Gasteiger charge is 2.27. The highest BCUT2D eigenvalue weighted by Crippen LogP contribution is 2.34. The molecule has 0 heterocycles. The van der Waals surface area contributed by atoms with E-state index in [1.165, 1.54) is 139 Å². The number of nitrogens with one attached hydrogen (secondary N) is 1.